The van der Waals surface area contributed by atoms with Crippen molar-refractivity contribution in [3.63, 3.8) is 0 Å². The van der Waals surface area contributed by atoms with Crippen LogP contribution in [0.15, 0.2) is 47.0 Å². The third-order valence-electron chi connectivity index (χ3n) is 5.61. The molecule has 0 aliphatic carbocycles. The lowest BCUT2D eigenvalue weighted by molar-refractivity contribution is -0.135. The molecule has 168 valence electrons. The molecule has 0 spiro atoms. The van der Waals surface area contributed by atoms with Gasteiger partial charge in [0.2, 0.25) is 11.7 Å². The Morgan fingerprint density at radius 2 is 1.84 bits per heavy atom. The molecule has 2 heterocycles. The highest BCUT2D eigenvalue weighted by Gasteiger charge is 2.28. The van der Waals surface area contributed by atoms with Crippen LogP contribution in [0.2, 0.25) is 0 Å². The van der Waals surface area contributed by atoms with Gasteiger partial charge in [-0.3, -0.25) is 9.69 Å². The van der Waals surface area contributed by atoms with E-state index in [1.165, 1.54) is 30.3 Å². The average molecular weight is 442 g/mol. The summed E-state index contributed by atoms with van der Waals surface area (Å²) in [6.45, 7) is 5.97. The summed E-state index contributed by atoms with van der Waals surface area (Å²) < 4.78 is 37.4. The molecular weight excluding hydrogens is 418 g/mol. The van der Waals surface area contributed by atoms with E-state index in [0.29, 0.717) is 54.8 Å². The number of aryl methyl sites for hydroxylation is 1. The Balaban J connectivity index is 1.30. The fourth-order valence-electron chi connectivity index (χ4n) is 3.59. The van der Waals surface area contributed by atoms with Crippen molar-refractivity contribution in [2.45, 2.75) is 19.9 Å². The van der Waals surface area contributed by atoms with Crippen LogP contribution in [0.4, 0.5) is 8.78 Å². The Hall–Kier alpha value is -3.33. The van der Waals surface area contributed by atoms with Crippen LogP contribution in [0.1, 0.15) is 24.4 Å². The molecule has 0 saturated carbocycles. The predicted octanol–water partition coefficient (Wildman–Crippen LogP) is 3.61. The summed E-state index contributed by atoms with van der Waals surface area (Å²) in [5, 5.41) is 4.04. The summed E-state index contributed by atoms with van der Waals surface area (Å²) in [6, 6.07) is 10.2. The minimum Gasteiger partial charge on any atom is -0.484 e. The lowest BCUT2D eigenvalue weighted by Gasteiger charge is -2.36. The van der Waals surface area contributed by atoms with Gasteiger partial charge in [-0.05, 0) is 61.9 Å². The van der Waals surface area contributed by atoms with E-state index in [0.717, 1.165) is 0 Å². The molecule has 0 radical (unpaired) electrons. The number of piperazine rings is 1. The van der Waals surface area contributed by atoms with Crippen LogP contribution in [-0.2, 0) is 4.79 Å². The van der Waals surface area contributed by atoms with Crippen molar-refractivity contribution >= 4 is 5.91 Å². The molecule has 1 aliphatic heterocycles. The highest BCUT2D eigenvalue weighted by atomic mass is 19.1. The molecule has 32 heavy (non-hydrogen) atoms. The second-order valence-electron chi connectivity index (χ2n) is 7.76. The third kappa shape index (κ3) is 4.94. The van der Waals surface area contributed by atoms with Crippen LogP contribution in [-0.4, -0.2) is 58.6 Å². The zero-order valence-electron chi connectivity index (χ0n) is 17.9. The van der Waals surface area contributed by atoms with Crippen LogP contribution in [0.5, 0.6) is 5.75 Å². The summed E-state index contributed by atoms with van der Waals surface area (Å²) >= 11 is 0. The van der Waals surface area contributed by atoms with Crippen LogP contribution >= 0.6 is 0 Å². The number of benzene rings is 2. The molecular formula is C23H24F2N4O3. The van der Waals surface area contributed by atoms with Gasteiger partial charge in [0.25, 0.3) is 5.91 Å². The minimum absolute atomic E-state index is 0.0920. The fourth-order valence-corrected chi connectivity index (χ4v) is 3.59. The first-order chi connectivity index (χ1) is 15.4. The number of hydrogen-bond donors (Lipinski definition) is 0. The van der Waals surface area contributed by atoms with Gasteiger partial charge in [-0.25, -0.2) is 8.78 Å². The number of ether oxygens (including phenoxy) is 1. The number of carbonyl (C=O) groups is 1. The zero-order chi connectivity index (χ0) is 22.7. The van der Waals surface area contributed by atoms with Crippen molar-refractivity contribution in [3.05, 3.63) is 65.6 Å². The molecule has 1 fully saturated rings. The van der Waals surface area contributed by atoms with Gasteiger partial charge in [-0.15, -0.1) is 0 Å². The number of rotatable bonds is 6. The number of nitrogens with zero attached hydrogens (tertiary/aromatic N) is 4. The topological polar surface area (TPSA) is 71.7 Å². The highest BCUT2D eigenvalue weighted by Crippen LogP contribution is 2.24. The van der Waals surface area contributed by atoms with Gasteiger partial charge in [0.15, 0.2) is 6.61 Å². The molecule has 1 aromatic heterocycles. The molecule has 1 atom stereocenters. The van der Waals surface area contributed by atoms with Crippen molar-refractivity contribution in [1.82, 2.24) is 19.9 Å². The Morgan fingerprint density at radius 3 is 2.53 bits per heavy atom. The van der Waals surface area contributed by atoms with E-state index in [1.54, 1.807) is 24.0 Å². The van der Waals surface area contributed by atoms with Crippen molar-refractivity contribution in [2.75, 3.05) is 32.8 Å². The second kappa shape index (κ2) is 9.44. The summed E-state index contributed by atoms with van der Waals surface area (Å²) in [4.78, 5) is 20.8. The van der Waals surface area contributed by atoms with Gasteiger partial charge in [0.1, 0.15) is 17.4 Å². The largest absolute Gasteiger partial charge is 0.484 e. The number of halogens is 2. The van der Waals surface area contributed by atoms with Gasteiger partial charge in [-0.2, -0.15) is 4.98 Å². The second-order valence-corrected chi connectivity index (χ2v) is 7.76. The molecule has 4 rings (SSSR count). The van der Waals surface area contributed by atoms with Crippen LogP contribution in [0.3, 0.4) is 0 Å². The van der Waals surface area contributed by atoms with Gasteiger partial charge >= 0.3 is 0 Å². The van der Waals surface area contributed by atoms with Gasteiger partial charge in [-0.1, -0.05) is 5.16 Å². The Labute approximate surface area is 184 Å². The maximum Gasteiger partial charge on any atom is 0.260 e. The predicted molar refractivity (Wildman–Crippen MR) is 113 cm³/mol. The third-order valence-corrected chi connectivity index (χ3v) is 5.61. The van der Waals surface area contributed by atoms with Gasteiger partial charge in [0, 0.05) is 31.7 Å². The normalized spacial score (nSPS) is 15.6. The lowest BCUT2D eigenvalue weighted by atomic mass is 10.1. The number of aromatic nitrogens is 2. The molecule has 1 unspecified atom stereocenters. The van der Waals surface area contributed by atoms with Gasteiger partial charge in [0.05, 0.1) is 6.04 Å². The van der Waals surface area contributed by atoms with Crippen LogP contribution in [0, 0.1) is 18.6 Å². The monoisotopic (exact) mass is 442 g/mol. The van der Waals surface area contributed by atoms with Crippen molar-refractivity contribution in [3.8, 4) is 17.1 Å². The molecule has 1 saturated heterocycles. The standard InChI is InChI=1S/C23H24F2N4O3/c1-15-13-17(3-8-20(15)25)22-26-23(32-27-22)16(2)28-9-11-29(12-10-28)21(30)14-31-19-6-4-18(24)5-7-19/h3-8,13,16H,9-12,14H2,1-2H3. The summed E-state index contributed by atoms with van der Waals surface area (Å²) in [7, 11) is 0. The Bertz CT molecular complexity index is 1080. The molecule has 0 bridgehead atoms. The van der Waals surface area contributed by atoms with Crippen LogP contribution < -0.4 is 4.74 Å². The smallest absolute Gasteiger partial charge is 0.260 e. The lowest BCUT2D eigenvalue weighted by Crippen LogP contribution is -2.50. The first-order valence-electron chi connectivity index (χ1n) is 10.4. The Kier molecular flexibility index (Phi) is 6.45. The summed E-state index contributed by atoms with van der Waals surface area (Å²) in [5.41, 5.74) is 1.22. The number of hydrogen-bond acceptors (Lipinski definition) is 6. The fraction of sp³-hybridized carbons (Fsp3) is 0.348. The van der Waals surface area contributed by atoms with Crippen LogP contribution in [0.25, 0.3) is 11.4 Å². The molecule has 1 aliphatic rings. The van der Waals surface area contributed by atoms with E-state index in [4.69, 9.17) is 9.26 Å². The van der Waals surface area contributed by atoms with E-state index in [9.17, 15) is 13.6 Å². The molecule has 9 heteroatoms. The SMILES string of the molecule is Cc1cc(-c2noc(C(C)N3CCN(C(=O)COc4ccc(F)cc4)CC3)n2)ccc1F. The molecule has 7 nitrogen and oxygen atoms in total. The maximum atomic E-state index is 13.5. The molecule has 0 N–H and O–H groups in total. The van der Waals surface area contributed by atoms with E-state index >= 15 is 0 Å². The van der Waals surface area contributed by atoms with Crippen molar-refractivity contribution < 1.29 is 22.8 Å². The summed E-state index contributed by atoms with van der Waals surface area (Å²) in [5.74, 6) is 0.600. The molecule has 3 aromatic rings. The molecule has 2 aromatic carbocycles. The van der Waals surface area contributed by atoms with E-state index in [2.05, 4.69) is 15.0 Å². The quantitative estimate of drug-likeness (QED) is 0.581. The Morgan fingerprint density at radius 1 is 1.12 bits per heavy atom. The number of amides is 1. The van der Waals surface area contributed by atoms with Crippen molar-refractivity contribution in [1.29, 1.82) is 0 Å². The van der Waals surface area contributed by atoms with Gasteiger partial charge < -0.3 is 14.2 Å². The first kappa shape index (κ1) is 21.9. The summed E-state index contributed by atoms with van der Waals surface area (Å²) in [6.07, 6.45) is 0. The average Bonchev–Trinajstić information content (AvgIpc) is 3.30. The zero-order valence-corrected chi connectivity index (χ0v) is 17.9. The molecule has 1 amide bonds. The van der Waals surface area contributed by atoms with E-state index in [1.807, 2.05) is 6.92 Å². The number of carbonyl (C=O) groups excluding carboxylic acids is 1. The highest BCUT2D eigenvalue weighted by molar-refractivity contribution is 5.77. The first-order valence-corrected chi connectivity index (χ1v) is 10.4. The van der Waals surface area contributed by atoms with Crippen molar-refractivity contribution in [2.24, 2.45) is 0 Å². The van der Waals surface area contributed by atoms with E-state index < -0.39 is 0 Å². The maximum absolute atomic E-state index is 13.5. The minimum atomic E-state index is -0.352. The van der Waals surface area contributed by atoms with E-state index in [-0.39, 0.29) is 30.2 Å².